The molecule has 23 heavy (non-hydrogen) atoms. The van der Waals surface area contributed by atoms with Crippen molar-refractivity contribution >= 4 is 29.7 Å². The second-order valence-corrected chi connectivity index (χ2v) is 6.20. The Labute approximate surface area is 144 Å². The van der Waals surface area contributed by atoms with Crippen molar-refractivity contribution in [3.8, 4) is 0 Å². The molecule has 128 valence electrons. The van der Waals surface area contributed by atoms with Crippen LogP contribution in [0.5, 0.6) is 0 Å². The molecule has 0 aromatic heterocycles. The summed E-state index contributed by atoms with van der Waals surface area (Å²) >= 11 is 0. The standard InChI is InChI=1S/C17H25N3O2.ClH/c1-12(17(21)19-11-13-5-4-10-22-13)20-9-3-6-14-15(18)7-2-8-16(14)20;/h2,7-8,12-13H,3-6,9-11,18H2,1H3,(H,19,21);1H. The number of rotatable bonds is 4. The Balaban J connectivity index is 0.00000192. The lowest BCUT2D eigenvalue weighted by atomic mass is 9.98. The maximum atomic E-state index is 12.5. The quantitative estimate of drug-likeness (QED) is 0.825. The maximum absolute atomic E-state index is 12.5. The number of amides is 1. The van der Waals surface area contributed by atoms with Crippen LogP contribution in [-0.4, -0.2) is 37.7 Å². The van der Waals surface area contributed by atoms with Gasteiger partial charge in [-0.15, -0.1) is 12.4 Å². The summed E-state index contributed by atoms with van der Waals surface area (Å²) in [6.07, 6.45) is 4.33. The zero-order valence-electron chi connectivity index (χ0n) is 13.6. The molecule has 2 unspecified atom stereocenters. The molecule has 3 N–H and O–H groups in total. The molecule has 2 heterocycles. The number of benzene rings is 1. The minimum Gasteiger partial charge on any atom is -0.398 e. The van der Waals surface area contributed by atoms with Gasteiger partial charge in [0, 0.05) is 31.1 Å². The van der Waals surface area contributed by atoms with E-state index in [2.05, 4.69) is 16.3 Å². The summed E-state index contributed by atoms with van der Waals surface area (Å²) in [6, 6.07) is 5.77. The highest BCUT2D eigenvalue weighted by molar-refractivity contribution is 5.86. The molecule has 2 aliphatic heterocycles. The molecule has 1 aromatic rings. The number of ether oxygens (including phenoxy) is 1. The largest absolute Gasteiger partial charge is 0.398 e. The van der Waals surface area contributed by atoms with Gasteiger partial charge < -0.3 is 20.7 Å². The number of nitrogens with two attached hydrogens (primary N) is 1. The van der Waals surface area contributed by atoms with Crippen molar-refractivity contribution in [3.05, 3.63) is 23.8 Å². The Bertz CT molecular complexity index is 547. The van der Waals surface area contributed by atoms with Crippen molar-refractivity contribution < 1.29 is 9.53 Å². The smallest absolute Gasteiger partial charge is 0.242 e. The number of hydrogen-bond acceptors (Lipinski definition) is 4. The summed E-state index contributed by atoms with van der Waals surface area (Å²) in [6.45, 7) is 4.28. The predicted octanol–water partition coefficient (Wildman–Crippen LogP) is 2.13. The lowest BCUT2D eigenvalue weighted by Gasteiger charge is -2.36. The van der Waals surface area contributed by atoms with E-state index in [0.717, 1.165) is 50.2 Å². The van der Waals surface area contributed by atoms with E-state index in [1.807, 2.05) is 19.1 Å². The first kappa shape index (κ1) is 17.9. The number of nitrogens with one attached hydrogen (secondary N) is 1. The fraction of sp³-hybridized carbons (Fsp3) is 0.588. The summed E-state index contributed by atoms with van der Waals surface area (Å²) in [5, 5.41) is 3.03. The Hall–Kier alpha value is -1.46. The van der Waals surface area contributed by atoms with Crippen LogP contribution >= 0.6 is 12.4 Å². The average Bonchev–Trinajstić information content (AvgIpc) is 3.05. The van der Waals surface area contributed by atoms with Crippen LogP contribution in [0.1, 0.15) is 31.7 Å². The van der Waals surface area contributed by atoms with Crippen LogP contribution in [0.2, 0.25) is 0 Å². The van der Waals surface area contributed by atoms with E-state index in [0.29, 0.717) is 6.54 Å². The first-order valence-corrected chi connectivity index (χ1v) is 8.20. The molecule has 5 nitrogen and oxygen atoms in total. The molecule has 3 rings (SSSR count). The topological polar surface area (TPSA) is 67.6 Å². The van der Waals surface area contributed by atoms with Crippen molar-refractivity contribution in [2.45, 2.75) is 44.8 Å². The van der Waals surface area contributed by atoms with Crippen LogP contribution in [0.15, 0.2) is 18.2 Å². The third-order valence-corrected chi connectivity index (χ3v) is 4.70. The summed E-state index contributed by atoms with van der Waals surface area (Å²) in [5.74, 6) is 0.0609. The first-order valence-electron chi connectivity index (χ1n) is 8.20. The molecule has 1 amide bonds. The third-order valence-electron chi connectivity index (χ3n) is 4.70. The zero-order valence-corrected chi connectivity index (χ0v) is 14.4. The van der Waals surface area contributed by atoms with Gasteiger partial charge in [-0.25, -0.2) is 0 Å². The lowest BCUT2D eigenvalue weighted by Crippen LogP contribution is -2.48. The molecular weight excluding hydrogens is 314 g/mol. The summed E-state index contributed by atoms with van der Waals surface area (Å²) in [7, 11) is 0. The van der Waals surface area contributed by atoms with Gasteiger partial charge in [-0.1, -0.05) is 6.07 Å². The molecule has 1 aromatic carbocycles. The SMILES string of the molecule is CC(C(=O)NCC1CCCO1)N1CCCc2c(N)cccc21.Cl. The van der Waals surface area contributed by atoms with Gasteiger partial charge in [0.2, 0.25) is 5.91 Å². The molecule has 6 heteroatoms. The van der Waals surface area contributed by atoms with Gasteiger partial charge in [0.15, 0.2) is 0 Å². The molecule has 1 fully saturated rings. The average molecular weight is 340 g/mol. The number of nitrogens with zero attached hydrogens (tertiary/aromatic N) is 1. The number of hydrogen-bond donors (Lipinski definition) is 2. The summed E-state index contributed by atoms with van der Waals surface area (Å²) in [5.41, 5.74) is 9.18. The molecule has 0 bridgehead atoms. The van der Waals surface area contributed by atoms with Gasteiger partial charge in [0.25, 0.3) is 0 Å². The minimum absolute atomic E-state index is 0. The van der Waals surface area contributed by atoms with Gasteiger partial charge in [0.05, 0.1) is 6.10 Å². The van der Waals surface area contributed by atoms with Gasteiger partial charge in [-0.05, 0) is 50.3 Å². The van der Waals surface area contributed by atoms with Crippen molar-refractivity contribution in [2.75, 3.05) is 30.3 Å². The van der Waals surface area contributed by atoms with E-state index in [1.165, 1.54) is 5.56 Å². The second kappa shape index (κ2) is 7.88. The van der Waals surface area contributed by atoms with Crippen molar-refractivity contribution in [1.82, 2.24) is 5.32 Å². The van der Waals surface area contributed by atoms with Crippen molar-refractivity contribution in [3.63, 3.8) is 0 Å². The molecule has 2 atom stereocenters. The van der Waals surface area contributed by atoms with Gasteiger partial charge >= 0.3 is 0 Å². The van der Waals surface area contributed by atoms with Gasteiger partial charge in [-0.3, -0.25) is 4.79 Å². The van der Waals surface area contributed by atoms with E-state index in [-0.39, 0.29) is 30.5 Å². The van der Waals surface area contributed by atoms with Gasteiger partial charge in [-0.2, -0.15) is 0 Å². The highest BCUT2D eigenvalue weighted by atomic mass is 35.5. The molecule has 0 saturated carbocycles. The number of fused-ring (bicyclic) bond motifs is 1. The Morgan fingerprint density at radius 1 is 1.48 bits per heavy atom. The molecule has 0 radical (unpaired) electrons. The number of carbonyl (C=O) groups excluding carboxylic acids is 1. The molecular formula is C17H26ClN3O2. The second-order valence-electron chi connectivity index (χ2n) is 6.20. The third kappa shape index (κ3) is 3.90. The Morgan fingerprint density at radius 3 is 3.04 bits per heavy atom. The van der Waals surface area contributed by atoms with Crippen molar-refractivity contribution in [2.24, 2.45) is 0 Å². The highest BCUT2D eigenvalue weighted by Gasteiger charge is 2.27. The fourth-order valence-electron chi connectivity index (χ4n) is 3.39. The zero-order chi connectivity index (χ0) is 15.5. The number of anilines is 2. The fourth-order valence-corrected chi connectivity index (χ4v) is 3.39. The number of nitrogen functional groups attached to an aromatic ring is 1. The molecule has 0 aliphatic carbocycles. The van der Waals surface area contributed by atoms with E-state index < -0.39 is 0 Å². The van der Waals surface area contributed by atoms with E-state index in [9.17, 15) is 4.79 Å². The van der Waals surface area contributed by atoms with Crippen LogP contribution in [0.25, 0.3) is 0 Å². The lowest BCUT2D eigenvalue weighted by molar-refractivity contribution is -0.122. The summed E-state index contributed by atoms with van der Waals surface area (Å²) < 4.78 is 5.56. The van der Waals surface area contributed by atoms with E-state index >= 15 is 0 Å². The molecule has 0 spiro atoms. The Kier molecular flexibility index (Phi) is 6.13. The molecule has 2 aliphatic rings. The van der Waals surface area contributed by atoms with Crippen LogP contribution in [-0.2, 0) is 16.0 Å². The Morgan fingerprint density at radius 2 is 2.30 bits per heavy atom. The maximum Gasteiger partial charge on any atom is 0.242 e. The van der Waals surface area contributed by atoms with Crippen LogP contribution in [0, 0.1) is 0 Å². The minimum atomic E-state index is -0.192. The first-order chi connectivity index (χ1) is 10.7. The molecule has 1 saturated heterocycles. The number of halogens is 1. The van der Waals surface area contributed by atoms with Crippen LogP contribution in [0.3, 0.4) is 0 Å². The van der Waals surface area contributed by atoms with E-state index in [1.54, 1.807) is 0 Å². The van der Waals surface area contributed by atoms with Crippen LogP contribution < -0.4 is 16.0 Å². The number of carbonyl (C=O) groups is 1. The monoisotopic (exact) mass is 339 g/mol. The predicted molar refractivity (Wildman–Crippen MR) is 95.2 cm³/mol. The van der Waals surface area contributed by atoms with E-state index in [4.69, 9.17) is 10.5 Å². The normalized spacial score (nSPS) is 21.3. The van der Waals surface area contributed by atoms with Crippen molar-refractivity contribution in [1.29, 1.82) is 0 Å². The van der Waals surface area contributed by atoms with Crippen LogP contribution in [0.4, 0.5) is 11.4 Å². The summed E-state index contributed by atoms with van der Waals surface area (Å²) in [4.78, 5) is 14.6. The van der Waals surface area contributed by atoms with Gasteiger partial charge in [0.1, 0.15) is 6.04 Å². The highest BCUT2D eigenvalue weighted by Crippen LogP contribution is 2.32.